The van der Waals surface area contributed by atoms with E-state index in [0.717, 1.165) is 35.5 Å². The number of carbonyl (C=O) groups is 1. The summed E-state index contributed by atoms with van der Waals surface area (Å²) < 4.78 is 25.9. The van der Waals surface area contributed by atoms with Crippen molar-refractivity contribution >= 4 is 15.9 Å². The fourth-order valence-electron chi connectivity index (χ4n) is 2.97. The number of amides is 1. The second-order valence-corrected chi connectivity index (χ2v) is 7.87. The van der Waals surface area contributed by atoms with Crippen LogP contribution < -0.4 is 0 Å². The van der Waals surface area contributed by atoms with Gasteiger partial charge in [-0.1, -0.05) is 0 Å². The van der Waals surface area contributed by atoms with Gasteiger partial charge in [0.15, 0.2) is 0 Å². The minimum atomic E-state index is -3.33. The Kier molecular flexibility index (Phi) is 3.53. The smallest absolute Gasteiger partial charge is 0.238 e. The summed E-state index contributed by atoms with van der Waals surface area (Å²) in [6, 6.07) is 0. The van der Waals surface area contributed by atoms with Gasteiger partial charge in [0.25, 0.3) is 0 Å². The van der Waals surface area contributed by atoms with Crippen LogP contribution in [0.5, 0.6) is 0 Å². The van der Waals surface area contributed by atoms with Crippen LogP contribution in [-0.2, 0) is 40.7 Å². The van der Waals surface area contributed by atoms with Crippen LogP contribution in [0.2, 0.25) is 0 Å². The van der Waals surface area contributed by atoms with E-state index < -0.39 is 10.0 Å². The molecule has 2 aliphatic rings. The normalized spacial score (nSPS) is 18.0. The third-order valence-corrected chi connectivity index (χ3v) is 5.55. The zero-order valence-corrected chi connectivity index (χ0v) is 13.2. The molecule has 1 amide bonds. The van der Waals surface area contributed by atoms with Crippen molar-refractivity contribution in [2.75, 3.05) is 26.4 Å². The maximum Gasteiger partial charge on any atom is 0.238 e. The van der Waals surface area contributed by atoms with E-state index in [9.17, 15) is 13.2 Å². The van der Waals surface area contributed by atoms with Crippen LogP contribution in [0.3, 0.4) is 0 Å². The van der Waals surface area contributed by atoms with Gasteiger partial charge in [0.2, 0.25) is 15.9 Å². The monoisotopic (exact) mass is 312 g/mol. The molecule has 116 valence electrons. The van der Waals surface area contributed by atoms with E-state index in [-0.39, 0.29) is 12.5 Å². The van der Waals surface area contributed by atoms with Gasteiger partial charge in [-0.25, -0.2) is 8.42 Å². The summed E-state index contributed by atoms with van der Waals surface area (Å²) in [6.45, 7) is 1.72. The van der Waals surface area contributed by atoms with Gasteiger partial charge in [-0.3, -0.25) is 9.48 Å². The first-order chi connectivity index (χ1) is 9.86. The van der Waals surface area contributed by atoms with Gasteiger partial charge in [-0.05, 0) is 24.8 Å². The molecule has 0 fully saturated rings. The van der Waals surface area contributed by atoms with E-state index in [0.29, 0.717) is 19.6 Å². The standard InChI is InChI=1S/C13H20N4O3S/c1-15(21(2,19)20)9-13(18)16-6-7-17-12(8-16)10-4-3-5-11(10)14-17/h3-9H2,1-2H3. The lowest BCUT2D eigenvalue weighted by Crippen LogP contribution is -2.44. The van der Waals surface area contributed by atoms with E-state index in [1.54, 1.807) is 4.90 Å². The first kappa shape index (κ1) is 14.5. The van der Waals surface area contributed by atoms with E-state index in [4.69, 9.17) is 0 Å². The molecule has 1 aliphatic carbocycles. The van der Waals surface area contributed by atoms with Crippen LogP contribution in [0, 0.1) is 0 Å². The van der Waals surface area contributed by atoms with Crippen molar-refractivity contribution in [3.8, 4) is 0 Å². The SMILES string of the molecule is CN(CC(=O)N1CCn2nc3c(c2C1)CCC3)S(C)(=O)=O. The molecule has 1 aromatic heterocycles. The fourth-order valence-corrected chi connectivity index (χ4v) is 3.31. The van der Waals surface area contributed by atoms with Crippen molar-refractivity contribution in [2.24, 2.45) is 0 Å². The summed E-state index contributed by atoms with van der Waals surface area (Å²) in [7, 11) is -1.90. The fraction of sp³-hybridized carbons (Fsp3) is 0.692. The number of likely N-dealkylation sites (N-methyl/N-ethyl adjacent to an activating group) is 1. The zero-order valence-electron chi connectivity index (χ0n) is 12.4. The average Bonchev–Trinajstić information content (AvgIpc) is 2.97. The lowest BCUT2D eigenvalue weighted by Gasteiger charge is -2.29. The molecule has 0 radical (unpaired) electrons. The third-order valence-electron chi connectivity index (χ3n) is 4.29. The second-order valence-electron chi connectivity index (χ2n) is 5.78. The molecular formula is C13H20N4O3S. The second kappa shape index (κ2) is 5.10. The summed E-state index contributed by atoms with van der Waals surface area (Å²) in [5.41, 5.74) is 3.60. The van der Waals surface area contributed by atoms with E-state index >= 15 is 0 Å². The highest BCUT2D eigenvalue weighted by Crippen LogP contribution is 2.27. The number of hydrogen-bond acceptors (Lipinski definition) is 4. The minimum Gasteiger partial charge on any atom is -0.334 e. The van der Waals surface area contributed by atoms with Gasteiger partial charge < -0.3 is 4.90 Å². The third kappa shape index (κ3) is 2.69. The Morgan fingerprint density at radius 3 is 2.81 bits per heavy atom. The molecule has 0 aromatic carbocycles. The van der Waals surface area contributed by atoms with Crippen LogP contribution in [0.1, 0.15) is 23.4 Å². The van der Waals surface area contributed by atoms with E-state index in [2.05, 4.69) is 5.10 Å². The van der Waals surface area contributed by atoms with Crippen molar-refractivity contribution in [2.45, 2.75) is 32.4 Å². The van der Waals surface area contributed by atoms with Crippen LogP contribution in [-0.4, -0.2) is 59.7 Å². The number of hydrogen-bond donors (Lipinski definition) is 0. The van der Waals surface area contributed by atoms with E-state index in [1.807, 2.05) is 4.68 Å². The molecule has 0 atom stereocenters. The van der Waals surface area contributed by atoms with Gasteiger partial charge in [0.05, 0.1) is 37.3 Å². The lowest BCUT2D eigenvalue weighted by atomic mass is 10.1. The highest BCUT2D eigenvalue weighted by Gasteiger charge is 2.29. The number of aryl methyl sites for hydroxylation is 1. The Hall–Kier alpha value is -1.41. The molecule has 1 aliphatic heterocycles. The molecule has 8 heteroatoms. The summed E-state index contributed by atoms with van der Waals surface area (Å²) in [4.78, 5) is 14.0. The van der Waals surface area contributed by atoms with Crippen LogP contribution in [0.25, 0.3) is 0 Å². The maximum absolute atomic E-state index is 12.3. The summed E-state index contributed by atoms with van der Waals surface area (Å²) in [5, 5.41) is 4.60. The Labute approximate surface area is 124 Å². The Morgan fingerprint density at radius 2 is 2.10 bits per heavy atom. The van der Waals surface area contributed by atoms with Gasteiger partial charge in [-0.2, -0.15) is 9.40 Å². The van der Waals surface area contributed by atoms with Gasteiger partial charge in [0, 0.05) is 13.6 Å². The van der Waals surface area contributed by atoms with Crippen LogP contribution >= 0.6 is 0 Å². The first-order valence-electron chi connectivity index (χ1n) is 7.13. The van der Waals surface area contributed by atoms with Gasteiger partial charge >= 0.3 is 0 Å². The average molecular weight is 312 g/mol. The highest BCUT2D eigenvalue weighted by atomic mass is 32.2. The molecular weight excluding hydrogens is 292 g/mol. The zero-order chi connectivity index (χ0) is 15.2. The molecule has 0 saturated carbocycles. The molecule has 21 heavy (non-hydrogen) atoms. The number of rotatable bonds is 3. The van der Waals surface area contributed by atoms with E-state index in [1.165, 1.54) is 18.3 Å². The Morgan fingerprint density at radius 1 is 1.33 bits per heavy atom. The molecule has 3 rings (SSSR count). The van der Waals surface area contributed by atoms with Crippen molar-refractivity contribution in [3.63, 3.8) is 0 Å². The molecule has 0 unspecified atom stereocenters. The van der Waals surface area contributed by atoms with Crippen LogP contribution in [0.15, 0.2) is 0 Å². The maximum atomic E-state index is 12.3. The van der Waals surface area contributed by atoms with Crippen molar-refractivity contribution < 1.29 is 13.2 Å². The molecule has 0 N–H and O–H groups in total. The minimum absolute atomic E-state index is 0.102. The highest BCUT2D eigenvalue weighted by molar-refractivity contribution is 7.88. The number of carbonyl (C=O) groups excluding carboxylic acids is 1. The summed E-state index contributed by atoms with van der Waals surface area (Å²) in [6.07, 6.45) is 4.31. The van der Waals surface area contributed by atoms with Gasteiger partial charge in [0.1, 0.15) is 0 Å². The number of fused-ring (bicyclic) bond motifs is 3. The molecule has 0 saturated heterocycles. The first-order valence-corrected chi connectivity index (χ1v) is 8.97. The quantitative estimate of drug-likeness (QED) is 0.761. The van der Waals surface area contributed by atoms with Crippen molar-refractivity contribution in [1.29, 1.82) is 0 Å². The molecule has 1 aromatic rings. The molecule has 7 nitrogen and oxygen atoms in total. The number of nitrogens with zero attached hydrogens (tertiary/aromatic N) is 4. The van der Waals surface area contributed by atoms with Gasteiger partial charge in [-0.15, -0.1) is 0 Å². The van der Waals surface area contributed by atoms with Crippen molar-refractivity contribution in [1.82, 2.24) is 19.0 Å². The number of aromatic nitrogens is 2. The topological polar surface area (TPSA) is 75.5 Å². The summed E-state index contributed by atoms with van der Waals surface area (Å²) >= 11 is 0. The molecule has 0 bridgehead atoms. The molecule has 0 spiro atoms. The number of sulfonamides is 1. The summed E-state index contributed by atoms with van der Waals surface area (Å²) in [5.74, 6) is -0.151. The lowest BCUT2D eigenvalue weighted by molar-refractivity contribution is -0.132. The largest absolute Gasteiger partial charge is 0.334 e. The van der Waals surface area contributed by atoms with Crippen LogP contribution in [0.4, 0.5) is 0 Å². The Bertz CT molecular complexity index is 680. The predicted octanol–water partition coefficient (Wildman–Crippen LogP) is -0.395. The Balaban J connectivity index is 1.73. The van der Waals surface area contributed by atoms with Crippen molar-refractivity contribution in [3.05, 3.63) is 17.0 Å². The molecule has 2 heterocycles. The predicted molar refractivity (Wildman–Crippen MR) is 77.1 cm³/mol.